The molecule has 1 aromatic rings. The Morgan fingerprint density at radius 2 is 2.06 bits per heavy atom. The van der Waals surface area contributed by atoms with Gasteiger partial charge in [-0.05, 0) is 37.8 Å². The molecule has 100 valence electrons. The van der Waals surface area contributed by atoms with Gasteiger partial charge in [-0.3, -0.25) is 0 Å². The Morgan fingerprint density at radius 1 is 1.39 bits per heavy atom. The van der Waals surface area contributed by atoms with Crippen molar-refractivity contribution in [2.45, 2.75) is 25.9 Å². The molecule has 0 saturated heterocycles. The van der Waals surface area contributed by atoms with Crippen LogP contribution in [-0.4, -0.2) is 18.1 Å². The zero-order valence-corrected chi connectivity index (χ0v) is 10.2. The molecule has 0 aliphatic heterocycles. The fourth-order valence-corrected chi connectivity index (χ4v) is 1.86. The lowest BCUT2D eigenvalue weighted by molar-refractivity contribution is -0.137. The Labute approximate surface area is 104 Å². The summed E-state index contributed by atoms with van der Waals surface area (Å²) in [5.74, 6) is 0.813. The molecule has 1 aliphatic carbocycles. The average molecular weight is 259 g/mol. The first-order chi connectivity index (χ1) is 8.40. The highest BCUT2D eigenvalue weighted by atomic mass is 19.4. The van der Waals surface area contributed by atoms with E-state index >= 15 is 0 Å². The Morgan fingerprint density at radius 3 is 2.56 bits per heavy atom. The van der Waals surface area contributed by atoms with Crippen LogP contribution < -0.4 is 10.6 Å². The first-order valence-electron chi connectivity index (χ1n) is 6.00. The minimum Gasteiger partial charge on any atom is -0.384 e. The number of rotatable bonds is 4. The Kier molecular flexibility index (Phi) is 3.36. The number of anilines is 2. The summed E-state index contributed by atoms with van der Waals surface area (Å²) >= 11 is 0. The van der Waals surface area contributed by atoms with Crippen LogP contribution in [0.1, 0.15) is 25.3 Å². The zero-order valence-electron chi connectivity index (χ0n) is 10.2. The van der Waals surface area contributed by atoms with Crippen LogP contribution >= 0.6 is 0 Å². The third-order valence-corrected chi connectivity index (χ3v) is 3.04. The fourth-order valence-electron chi connectivity index (χ4n) is 1.86. The van der Waals surface area contributed by atoms with E-state index in [0.717, 1.165) is 31.5 Å². The van der Waals surface area contributed by atoms with E-state index in [-0.39, 0.29) is 5.82 Å². The number of aromatic nitrogens is 1. The van der Waals surface area contributed by atoms with Crippen molar-refractivity contribution in [1.82, 2.24) is 4.98 Å². The maximum atomic E-state index is 12.7. The Hall–Kier alpha value is -1.46. The number of pyridine rings is 1. The molecule has 0 bridgehead atoms. The van der Waals surface area contributed by atoms with Gasteiger partial charge in [-0.1, -0.05) is 0 Å². The summed E-state index contributed by atoms with van der Waals surface area (Å²) in [5, 5.41) is 0. The van der Waals surface area contributed by atoms with Gasteiger partial charge in [0, 0.05) is 13.1 Å². The summed E-state index contributed by atoms with van der Waals surface area (Å²) in [7, 11) is 0. The maximum absolute atomic E-state index is 12.7. The van der Waals surface area contributed by atoms with Gasteiger partial charge in [0.25, 0.3) is 0 Å². The van der Waals surface area contributed by atoms with Crippen LogP contribution in [0.5, 0.6) is 0 Å². The number of halogens is 3. The maximum Gasteiger partial charge on any atom is 0.416 e. The molecule has 6 heteroatoms. The van der Waals surface area contributed by atoms with Crippen molar-refractivity contribution in [3.8, 4) is 0 Å². The second kappa shape index (κ2) is 4.66. The summed E-state index contributed by atoms with van der Waals surface area (Å²) in [6.07, 6.45) is -2.10. The van der Waals surface area contributed by atoms with Gasteiger partial charge in [-0.2, -0.15) is 13.2 Å². The van der Waals surface area contributed by atoms with E-state index in [0.29, 0.717) is 18.3 Å². The second-order valence-electron chi connectivity index (χ2n) is 4.62. The number of nitrogens with zero attached hydrogens (tertiary/aromatic N) is 2. The Balaban J connectivity index is 2.27. The zero-order chi connectivity index (χ0) is 13.3. The van der Waals surface area contributed by atoms with E-state index < -0.39 is 11.7 Å². The summed E-state index contributed by atoms with van der Waals surface area (Å²) in [5.41, 5.74) is 4.72. The third kappa shape index (κ3) is 3.05. The SMILES string of the molecule is CCN(CC1CC1)c1cc(C(F)(F)F)cc(N)n1. The van der Waals surface area contributed by atoms with Crippen LogP contribution in [0.2, 0.25) is 0 Å². The second-order valence-corrected chi connectivity index (χ2v) is 4.62. The van der Waals surface area contributed by atoms with Crippen LogP contribution in [0.25, 0.3) is 0 Å². The lowest BCUT2D eigenvalue weighted by Crippen LogP contribution is -2.27. The van der Waals surface area contributed by atoms with Crippen LogP contribution in [0, 0.1) is 5.92 Å². The van der Waals surface area contributed by atoms with Crippen molar-refractivity contribution >= 4 is 11.6 Å². The molecule has 1 heterocycles. The molecule has 0 radical (unpaired) electrons. The smallest absolute Gasteiger partial charge is 0.384 e. The predicted molar refractivity (Wildman–Crippen MR) is 64.3 cm³/mol. The molecule has 0 spiro atoms. The lowest BCUT2D eigenvalue weighted by atomic mass is 10.2. The molecule has 2 rings (SSSR count). The number of hydrogen-bond acceptors (Lipinski definition) is 3. The van der Waals surface area contributed by atoms with Crippen molar-refractivity contribution in [3.63, 3.8) is 0 Å². The average Bonchev–Trinajstić information content (AvgIpc) is 3.07. The minimum atomic E-state index is -4.38. The topological polar surface area (TPSA) is 42.1 Å². The monoisotopic (exact) mass is 259 g/mol. The predicted octanol–water partition coefficient (Wildman–Crippen LogP) is 2.92. The number of alkyl halides is 3. The molecule has 1 aliphatic rings. The molecule has 1 aromatic heterocycles. The van der Waals surface area contributed by atoms with Crippen LogP contribution in [-0.2, 0) is 6.18 Å². The summed E-state index contributed by atoms with van der Waals surface area (Å²) < 4.78 is 38.1. The standard InChI is InChI=1S/C12H16F3N3/c1-2-18(7-8-3-4-8)11-6-9(12(13,14)15)5-10(16)17-11/h5-6,8H,2-4,7H2,1H3,(H2,16,17). The number of nitrogen functional groups attached to an aromatic ring is 1. The van der Waals surface area contributed by atoms with Gasteiger partial charge in [0.1, 0.15) is 11.6 Å². The van der Waals surface area contributed by atoms with E-state index in [1.54, 1.807) is 0 Å². The van der Waals surface area contributed by atoms with Gasteiger partial charge in [-0.25, -0.2) is 4.98 Å². The number of nitrogens with two attached hydrogens (primary N) is 1. The van der Waals surface area contributed by atoms with E-state index in [1.165, 1.54) is 0 Å². The summed E-state index contributed by atoms with van der Waals surface area (Å²) in [6, 6.07) is 1.94. The molecule has 0 aromatic carbocycles. The molecule has 1 saturated carbocycles. The largest absolute Gasteiger partial charge is 0.416 e. The van der Waals surface area contributed by atoms with E-state index in [4.69, 9.17) is 5.73 Å². The van der Waals surface area contributed by atoms with Gasteiger partial charge in [0.05, 0.1) is 5.56 Å². The molecule has 0 amide bonds. The fraction of sp³-hybridized carbons (Fsp3) is 0.583. The molecule has 2 N–H and O–H groups in total. The molecule has 0 atom stereocenters. The van der Waals surface area contributed by atoms with Gasteiger partial charge in [0.2, 0.25) is 0 Å². The highest BCUT2D eigenvalue weighted by Gasteiger charge is 2.32. The third-order valence-electron chi connectivity index (χ3n) is 3.04. The minimum absolute atomic E-state index is 0.0888. The van der Waals surface area contributed by atoms with Gasteiger partial charge < -0.3 is 10.6 Å². The van der Waals surface area contributed by atoms with Crippen molar-refractivity contribution in [3.05, 3.63) is 17.7 Å². The molecule has 0 unspecified atom stereocenters. The van der Waals surface area contributed by atoms with Gasteiger partial charge >= 0.3 is 6.18 Å². The first kappa shape index (κ1) is 13.0. The lowest BCUT2D eigenvalue weighted by Gasteiger charge is -2.23. The van der Waals surface area contributed by atoms with Crippen LogP contribution in [0.3, 0.4) is 0 Å². The molecular formula is C12H16F3N3. The van der Waals surface area contributed by atoms with Gasteiger partial charge in [-0.15, -0.1) is 0 Å². The van der Waals surface area contributed by atoms with Crippen LogP contribution in [0.4, 0.5) is 24.8 Å². The Bertz CT molecular complexity index is 427. The highest BCUT2D eigenvalue weighted by Crippen LogP contribution is 2.34. The molecule has 18 heavy (non-hydrogen) atoms. The normalized spacial score (nSPS) is 15.8. The van der Waals surface area contributed by atoms with Crippen molar-refractivity contribution < 1.29 is 13.2 Å². The van der Waals surface area contributed by atoms with Gasteiger partial charge in [0.15, 0.2) is 0 Å². The van der Waals surface area contributed by atoms with E-state index in [1.807, 2.05) is 11.8 Å². The molecular weight excluding hydrogens is 243 g/mol. The van der Waals surface area contributed by atoms with Crippen LogP contribution in [0.15, 0.2) is 12.1 Å². The van der Waals surface area contributed by atoms with E-state index in [9.17, 15) is 13.2 Å². The summed E-state index contributed by atoms with van der Waals surface area (Å²) in [4.78, 5) is 5.85. The van der Waals surface area contributed by atoms with Crippen molar-refractivity contribution in [1.29, 1.82) is 0 Å². The van der Waals surface area contributed by atoms with Crippen molar-refractivity contribution in [2.75, 3.05) is 23.7 Å². The number of hydrogen-bond donors (Lipinski definition) is 1. The molecule has 3 nitrogen and oxygen atoms in total. The first-order valence-corrected chi connectivity index (χ1v) is 6.00. The van der Waals surface area contributed by atoms with E-state index in [2.05, 4.69) is 4.98 Å². The molecule has 1 fully saturated rings. The quantitative estimate of drug-likeness (QED) is 0.904. The highest BCUT2D eigenvalue weighted by molar-refractivity contribution is 5.49. The summed E-state index contributed by atoms with van der Waals surface area (Å²) in [6.45, 7) is 3.29. The van der Waals surface area contributed by atoms with Crippen molar-refractivity contribution in [2.24, 2.45) is 5.92 Å².